The van der Waals surface area contributed by atoms with Gasteiger partial charge in [0.1, 0.15) is 11.5 Å². The van der Waals surface area contributed by atoms with Gasteiger partial charge in [-0.3, -0.25) is 0 Å². The lowest BCUT2D eigenvalue weighted by Gasteiger charge is -1.98. The van der Waals surface area contributed by atoms with E-state index in [9.17, 15) is 4.39 Å². The number of pyridine rings is 1. The maximum absolute atomic E-state index is 12.8. The van der Waals surface area contributed by atoms with Crippen molar-refractivity contribution in [3.8, 4) is 11.5 Å². The number of aromatic amines is 1. The summed E-state index contributed by atoms with van der Waals surface area (Å²) in [5.74, 6) is 0.360. The van der Waals surface area contributed by atoms with Crippen LogP contribution < -0.4 is 0 Å². The van der Waals surface area contributed by atoms with Crippen molar-refractivity contribution in [2.24, 2.45) is 0 Å². The Morgan fingerprint density at radius 3 is 2.85 bits per heavy atom. The van der Waals surface area contributed by atoms with Crippen LogP contribution in [-0.4, -0.2) is 15.0 Å². The van der Waals surface area contributed by atoms with E-state index in [1.807, 2.05) is 0 Å². The van der Waals surface area contributed by atoms with Crippen LogP contribution in [0.3, 0.4) is 0 Å². The number of imidazole rings is 1. The predicted molar refractivity (Wildman–Crippen MR) is 46.5 cm³/mol. The number of halogens is 1. The van der Waals surface area contributed by atoms with Gasteiger partial charge < -0.3 is 4.98 Å². The number of aryl methyl sites for hydroxylation is 1. The Kier molecular flexibility index (Phi) is 1.81. The molecule has 13 heavy (non-hydrogen) atoms. The third-order valence-corrected chi connectivity index (χ3v) is 1.76. The summed E-state index contributed by atoms with van der Waals surface area (Å²) < 4.78 is 12.8. The molecule has 0 aromatic carbocycles. The fourth-order valence-electron chi connectivity index (χ4n) is 1.08. The van der Waals surface area contributed by atoms with E-state index in [-0.39, 0.29) is 5.82 Å². The first-order valence-electron chi connectivity index (χ1n) is 3.90. The molecular formula is C9H8FN3. The topological polar surface area (TPSA) is 41.6 Å². The van der Waals surface area contributed by atoms with Gasteiger partial charge in [0.05, 0.1) is 5.69 Å². The zero-order chi connectivity index (χ0) is 9.26. The van der Waals surface area contributed by atoms with Crippen LogP contribution >= 0.6 is 0 Å². The Bertz CT molecular complexity index is 409. The second-order valence-electron chi connectivity index (χ2n) is 2.70. The van der Waals surface area contributed by atoms with Crippen molar-refractivity contribution in [3.05, 3.63) is 36.0 Å². The molecule has 0 aliphatic rings. The highest BCUT2D eigenvalue weighted by molar-refractivity contribution is 5.48. The van der Waals surface area contributed by atoms with Gasteiger partial charge in [0.15, 0.2) is 5.82 Å². The van der Waals surface area contributed by atoms with Crippen LogP contribution in [0.1, 0.15) is 5.69 Å². The number of hydrogen-bond acceptors (Lipinski definition) is 2. The summed E-state index contributed by atoms with van der Waals surface area (Å²) in [5, 5.41) is 0. The Labute approximate surface area is 74.7 Å². The van der Waals surface area contributed by atoms with Crippen molar-refractivity contribution in [1.82, 2.24) is 15.0 Å². The Balaban J connectivity index is 2.49. The molecule has 1 N–H and O–H groups in total. The van der Waals surface area contributed by atoms with Gasteiger partial charge in [-0.15, -0.1) is 0 Å². The van der Waals surface area contributed by atoms with E-state index < -0.39 is 0 Å². The predicted octanol–water partition coefficient (Wildman–Crippen LogP) is 1.92. The van der Waals surface area contributed by atoms with Gasteiger partial charge in [-0.05, 0) is 19.1 Å². The quantitative estimate of drug-likeness (QED) is 0.723. The third-order valence-electron chi connectivity index (χ3n) is 1.76. The lowest BCUT2D eigenvalue weighted by molar-refractivity contribution is 0.610. The van der Waals surface area contributed by atoms with Crippen molar-refractivity contribution in [2.75, 3.05) is 0 Å². The number of nitrogens with zero attached hydrogens (tertiary/aromatic N) is 2. The van der Waals surface area contributed by atoms with Crippen LogP contribution in [0, 0.1) is 12.7 Å². The normalized spacial score (nSPS) is 10.3. The fourth-order valence-corrected chi connectivity index (χ4v) is 1.08. The van der Waals surface area contributed by atoms with Gasteiger partial charge in [-0.25, -0.2) is 14.4 Å². The number of aromatic nitrogens is 3. The summed E-state index contributed by atoms with van der Waals surface area (Å²) in [6, 6.07) is 2.99. The molecule has 66 valence electrons. The third kappa shape index (κ3) is 1.42. The van der Waals surface area contributed by atoms with Gasteiger partial charge >= 0.3 is 0 Å². The van der Waals surface area contributed by atoms with Gasteiger partial charge in [0.25, 0.3) is 0 Å². The maximum Gasteiger partial charge on any atom is 0.155 e. The zero-order valence-electron chi connectivity index (χ0n) is 7.08. The van der Waals surface area contributed by atoms with Crippen molar-refractivity contribution in [1.29, 1.82) is 0 Å². The molecule has 2 rings (SSSR count). The fraction of sp³-hybridized carbons (Fsp3) is 0.111. The van der Waals surface area contributed by atoms with Crippen molar-refractivity contribution in [2.45, 2.75) is 6.92 Å². The second-order valence-corrected chi connectivity index (χ2v) is 2.70. The van der Waals surface area contributed by atoms with E-state index in [0.717, 1.165) is 0 Å². The molecule has 0 aliphatic carbocycles. The van der Waals surface area contributed by atoms with E-state index >= 15 is 0 Å². The summed E-state index contributed by atoms with van der Waals surface area (Å²) in [7, 11) is 0. The highest BCUT2D eigenvalue weighted by Gasteiger charge is 2.03. The zero-order valence-corrected chi connectivity index (χ0v) is 7.08. The molecule has 0 amide bonds. The lowest BCUT2D eigenvalue weighted by atomic mass is 10.3. The highest BCUT2D eigenvalue weighted by atomic mass is 19.1. The first-order chi connectivity index (χ1) is 6.27. The summed E-state index contributed by atoms with van der Waals surface area (Å²) in [6.45, 7) is 1.63. The van der Waals surface area contributed by atoms with E-state index in [4.69, 9.17) is 0 Å². The minimum atomic E-state index is -0.296. The van der Waals surface area contributed by atoms with E-state index in [2.05, 4.69) is 15.0 Å². The number of hydrogen-bond donors (Lipinski definition) is 1. The molecule has 4 heteroatoms. The SMILES string of the molecule is Cc1nc(-c2ncc[nH]2)ccc1F. The number of rotatable bonds is 1. The van der Waals surface area contributed by atoms with Crippen LogP contribution in [0.4, 0.5) is 4.39 Å². The van der Waals surface area contributed by atoms with Crippen molar-refractivity contribution < 1.29 is 4.39 Å². The summed E-state index contributed by atoms with van der Waals surface area (Å²) in [6.07, 6.45) is 3.34. The standard InChI is InChI=1S/C9H8FN3/c1-6-7(10)2-3-8(13-6)9-11-4-5-12-9/h2-5H,1H3,(H,11,12). The average Bonchev–Trinajstić information content (AvgIpc) is 2.62. The molecule has 0 fully saturated rings. The van der Waals surface area contributed by atoms with Crippen molar-refractivity contribution in [3.63, 3.8) is 0 Å². The molecule has 2 heterocycles. The van der Waals surface area contributed by atoms with Crippen LogP contribution in [0.5, 0.6) is 0 Å². The summed E-state index contributed by atoms with van der Waals surface area (Å²) >= 11 is 0. The summed E-state index contributed by atoms with van der Waals surface area (Å²) in [5.41, 5.74) is 1.04. The van der Waals surface area contributed by atoms with Gasteiger partial charge in [-0.2, -0.15) is 0 Å². The monoisotopic (exact) mass is 177 g/mol. The highest BCUT2D eigenvalue weighted by Crippen LogP contribution is 2.13. The minimum Gasteiger partial charge on any atom is -0.343 e. The molecule has 3 nitrogen and oxygen atoms in total. The van der Waals surface area contributed by atoms with Crippen LogP contribution in [0.15, 0.2) is 24.5 Å². The molecule has 0 saturated heterocycles. The molecule has 0 spiro atoms. The molecule has 2 aromatic heterocycles. The molecular weight excluding hydrogens is 169 g/mol. The number of H-pyrrole nitrogens is 1. The Hall–Kier alpha value is -1.71. The molecule has 0 atom stereocenters. The minimum absolute atomic E-state index is 0.296. The van der Waals surface area contributed by atoms with E-state index in [0.29, 0.717) is 17.2 Å². The molecule has 0 saturated carbocycles. The van der Waals surface area contributed by atoms with Gasteiger partial charge in [-0.1, -0.05) is 0 Å². The van der Waals surface area contributed by atoms with Crippen LogP contribution in [0.2, 0.25) is 0 Å². The first kappa shape index (κ1) is 7.91. The Morgan fingerprint density at radius 2 is 2.23 bits per heavy atom. The molecule has 0 radical (unpaired) electrons. The Morgan fingerprint density at radius 1 is 1.38 bits per heavy atom. The van der Waals surface area contributed by atoms with Gasteiger partial charge in [0, 0.05) is 12.4 Å². The van der Waals surface area contributed by atoms with Crippen LogP contribution in [-0.2, 0) is 0 Å². The molecule has 2 aromatic rings. The van der Waals surface area contributed by atoms with Crippen molar-refractivity contribution >= 4 is 0 Å². The first-order valence-corrected chi connectivity index (χ1v) is 3.90. The van der Waals surface area contributed by atoms with Crippen LogP contribution in [0.25, 0.3) is 11.5 Å². The van der Waals surface area contributed by atoms with Gasteiger partial charge in [0.2, 0.25) is 0 Å². The second kappa shape index (κ2) is 2.97. The molecule has 0 aliphatic heterocycles. The lowest BCUT2D eigenvalue weighted by Crippen LogP contribution is -1.91. The average molecular weight is 177 g/mol. The van der Waals surface area contributed by atoms with E-state index in [1.54, 1.807) is 25.4 Å². The molecule has 0 unspecified atom stereocenters. The molecule has 0 bridgehead atoms. The smallest absolute Gasteiger partial charge is 0.155 e. The maximum atomic E-state index is 12.8. The van der Waals surface area contributed by atoms with E-state index in [1.165, 1.54) is 6.07 Å². The largest absolute Gasteiger partial charge is 0.343 e. The summed E-state index contributed by atoms with van der Waals surface area (Å²) in [4.78, 5) is 11.0. The number of nitrogens with one attached hydrogen (secondary N) is 1.